The first-order valence-electron chi connectivity index (χ1n) is 4.26. The molecule has 0 aliphatic carbocycles. The summed E-state index contributed by atoms with van der Waals surface area (Å²) in [6.45, 7) is 0.153. The topological polar surface area (TPSA) is 55.8 Å². The number of rotatable bonds is 1. The Morgan fingerprint density at radius 3 is 3.07 bits per heavy atom. The number of fused-ring (bicyclic) bond motifs is 1. The van der Waals surface area contributed by atoms with Crippen LogP contribution in [0.3, 0.4) is 0 Å². The summed E-state index contributed by atoms with van der Waals surface area (Å²) in [5, 5.41) is 9.42. The smallest absolute Gasteiger partial charge is 0.198 e. The van der Waals surface area contributed by atoms with Crippen LogP contribution in [0.5, 0.6) is 11.5 Å². The molecular weight excluding hydrogens is 184 g/mol. The van der Waals surface area contributed by atoms with Gasteiger partial charge < -0.3 is 14.6 Å². The van der Waals surface area contributed by atoms with Crippen molar-refractivity contribution in [2.45, 2.75) is 6.10 Å². The zero-order valence-corrected chi connectivity index (χ0v) is 7.69. The SMILES string of the molecule is COC1COc2c(O)cccc2C1=O. The van der Waals surface area contributed by atoms with E-state index >= 15 is 0 Å². The maximum absolute atomic E-state index is 11.7. The highest BCUT2D eigenvalue weighted by atomic mass is 16.5. The lowest BCUT2D eigenvalue weighted by Crippen LogP contribution is -2.34. The van der Waals surface area contributed by atoms with E-state index in [1.165, 1.54) is 13.2 Å². The number of phenols is 1. The van der Waals surface area contributed by atoms with Crippen LogP contribution < -0.4 is 4.74 Å². The van der Waals surface area contributed by atoms with Gasteiger partial charge in [0.15, 0.2) is 23.4 Å². The van der Waals surface area contributed by atoms with E-state index in [2.05, 4.69) is 0 Å². The Hall–Kier alpha value is -1.55. The van der Waals surface area contributed by atoms with E-state index in [1.807, 2.05) is 0 Å². The van der Waals surface area contributed by atoms with Crippen molar-refractivity contribution in [3.8, 4) is 11.5 Å². The summed E-state index contributed by atoms with van der Waals surface area (Å²) in [5.41, 5.74) is 0.378. The monoisotopic (exact) mass is 194 g/mol. The van der Waals surface area contributed by atoms with Gasteiger partial charge in [-0.25, -0.2) is 0 Å². The minimum absolute atomic E-state index is 0.00889. The van der Waals surface area contributed by atoms with E-state index in [9.17, 15) is 9.90 Å². The van der Waals surface area contributed by atoms with Crippen molar-refractivity contribution in [1.82, 2.24) is 0 Å². The molecule has 1 unspecified atom stereocenters. The fourth-order valence-corrected chi connectivity index (χ4v) is 1.45. The molecule has 2 rings (SSSR count). The third-order valence-corrected chi connectivity index (χ3v) is 2.22. The second-order valence-electron chi connectivity index (χ2n) is 3.05. The molecule has 0 bridgehead atoms. The van der Waals surface area contributed by atoms with Gasteiger partial charge >= 0.3 is 0 Å². The summed E-state index contributed by atoms with van der Waals surface area (Å²) in [7, 11) is 1.46. The Morgan fingerprint density at radius 1 is 1.57 bits per heavy atom. The normalized spacial score (nSPS) is 20.1. The average molecular weight is 194 g/mol. The molecule has 1 N–H and O–H groups in total. The number of para-hydroxylation sites is 1. The first-order valence-corrected chi connectivity index (χ1v) is 4.26. The van der Waals surface area contributed by atoms with Crippen LogP contribution in [0.4, 0.5) is 0 Å². The molecule has 1 aromatic rings. The molecule has 1 heterocycles. The fraction of sp³-hybridized carbons (Fsp3) is 0.300. The number of aromatic hydroxyl groups is 1. The lowest BCUT2D eigenvalue weighted by atomic mass is 10.0. The van der Waals surface area contributed by atoms with Crippen LogP contribution >= 0.6 is 0 Å². The van der Waals surface area contributed by atoms with Crippen LogP contribution in [0.2, 0.25) is 0 Å². The van der Waals surface area contributed by atoms with Gasteiger partial charge in [-0.2, -0.15) is 0 Å². The molecule has 0 radical (unpaired) electrons. The summed E-state index contributed by atoms with van der Waals surface area (Å²) >= 11 is 0. The molecule has 1 atom stereocenters. The zero-order valence-electron chi connectivity index (χ0n) is 7.69. The van der Waals surface area contributed by atoms with Gasteiger partial charge in [-0.05, 0) is 12.1 Å². The van der Waals surface area contributed by atoms with E-state index in [1.54, 1.807) is 12.1 Å². The Bertz CT molecular complexity index is 372. The van der Waals surface area contributed by atoms with Gasteiger partial charge in [0.05, 0.1) is 5.56 Å². The second kappa shape index (κ2) is 3.31. The van der Waals surface area contributed by atoms with Gasteiger partial charge in [-0.15, -0.1) is 0 Å². The van der Waals surface area contributed by atoms with Crippen molar-refractivity contribution in [2.75, 3.05) is 13.7 Å². The predicted molar refractivity (Wildman–Crippen MR) is 48.7 cm³/mol. The molecule has 0 aromatic heterocycles. The molecule has 4 heteroatoms. The van der Waals surface area contributed by atoms with Crippen molar-refractivity contribution in [3.63, 3.8) is 0 Å². The Labute approximate surface area is 81.1 Å². The van der Waals surface area contributed by atoms with E-state index in [0.29, 0.717) is 5.56 Å². The van der Waals surface area contributed by atoms with Crippen molar-refractivity contribution < 1.29 is 19.4 Å². The lowest BCUT2D eigenvalue weighted by Gasteiger charge is -2.23. The van der Waals surface area contributed by atoms with E-state index in [-0.39, 0.29) is 23.9 Å². The van der Waals surface area contributed by atoms with E-state index in [4.69, 9.17) is 9.47 Å². The van der Waals surface area contributed by atoms with Gasteiger partial charge in [0.25, 0.3) is 0 Å². The number of Topliss-reactive ketones (excluding diaryl/α,β-unsaturated/α-hetero) is 1. The third-order valence-electron chi connectivity index (χ3n) is 2.22. The molecule has 0 amide bonds. The quantitative estimate of drug-likeness (QED) is 0.724. The molecule has 1 aliphatic heterocycles. The van der Waals surface area contributed by atoms with Crippen LogP contribution in [-0.2, 0) is 4.74 Å². The van der Waals surface area contributed by atoms with Gasteiger partial charge in [-0.3, -0.25) is 4.79 Å². The average Bonchev–Trinajstić information content (AvgIpc) is 2.20. The summed E-state index contributed by atoms with van der Waals surface area (Å²) in [6.07, 6.45) is -0.565. The maximum Gasteiger partial charge on any atom is 0.198 e. The highest BCUT2D eigenvalue weighted by Gasteiger charge is 2.30. The maximum atomic E-state index is 11.7. The van der Waals surface area contributed by atoms with Crippen molar-refractivity contribution in [1.29, 1.82) is 0 Å². The van der Waals surface area contributed by atoms with Crippen LogP contribution in [0.25, 0.3) is 0 Å². The number of carbonyl (C=O) groups excluding carboxylic acids is 1. The molecule has 4 nitrogen and oxygen atoms in total. The number of ketones is 1. The zero-order chi connectivity index (χ0) is 10.1. The minimum atomic E-state index is -0.565. The van der Waals surface area contributed by atoms with Crippen molar-refractivity contribution in [2.24, 2.45) is 0 Å². The number of methoxy groups -OCH3 is 1. The molecule has 0 spiro atoms. The molecule has 1 aromatic carbocycles. The van der Waals surface area contributed by atoms with Crippen LogP contribution in [0.1, 0.15) is 10.4 Å². The van der Waals surface area contributed by atoms with Crippen LogP contribution in [-0.4, -0.2) is 30.7 Å². The third kappa shape index (κ3) is 1.24. The van der Waals surface area contributed by atoms with Crippen LogP contribution in [0, 0.1) is 0 Å². The number of phenolic OH excluding ortho intramolecular Hbond substituents is 1. The number of benzene rings is 1. The van der Waals surface area contributed by atoms with Gasteiger partial charge in [0, 0.05) is 7.11 Å². The van der Waals surface area contributed by atoms with E-state index in [0.717, 1.165) is 0 Å². The summed E-state index contributed by atoms with van der Waals surface area (Å²) < 4.78 is 10.2. The lowest BCUT2D eigenvalue weighted by molar-refractivity contribution is 0.0361. The van der Waals surface area contributed by atoms with Gasteiger partial charge in [0.1, 0.15) is 6.61 Å². The standard InChI is InChI=1S/C10H10O4/c1-13-8-5-14-10-6(9(8)12)3-2-4-7(10)11/h2-4,8,11H,5H2,1H3. The van der Waals surface area contributed by atoms with Crippen molar-refractivity contribution in [3.05, 3.63) is 23.8 Å². The van der Waals surface area contributed by atoms with Gasteiger partial charge in [-0.1, -0.05) is 6.07 Å². The number of ether oxygens (including phenoxy) is 2. The van der Waals surface area contributed by atoms with Crippen molar-refractivity contribution >= 4 is 5.78 Å². The largest absolute Gasteiger partial charge is 0.504 e. The summed E-state index contributed by atoms with van der Waals surface area (Å²) in [4.78, 5) is 11.7. The molecule has 0 saturated heterocycles. The highest BCUT2D eigenvalue weighted by Crippen LogP contribution is 2.33. The molecular formula is C10H10O4. The van der Waals surface area contributed by atoms with Crippen LogP contribution in [0.15, 0.2) is 18.2 Å². The molecule has 0 fully saturated rings. The first kappa shape index (κ1) is 9.02. The number of hydrogen-bond donors (Lipinski definition) is 1. The Morgan fingerprint density at radius 2 is 2.36 bits per heavy atom. The second-order valence-corrected chi connectivity index (χ2v) is 3.05. The predicted octanol–water partition coefficient (Wildman–Crippen LogP) is 0.982. The Kier molecular flexibility index (Phi) is 2.13. The molecule has 14 heavy (non-hydrogen) atoms. The van der Waals surface area contributed by atoms with E-state index < -0.39 is 6.10 Å². The summed E-state index contributed by atoms with van der Waals surface area (Å²) in [6, 6.07) is 4.70. The number of hydrogen-bond acceptors (Lipinski definition) is 4. The molecule has 1 aliphatic rings. The minimum Gasteiger partial charge on any atom is -0.504 e. The number of carbonyl (C=O) groups is 1. The Balaban J connectivity index is 2.46. The molecule has 74 valence electrons. The van der Waals surface area contributed by atoms with Gasteiger partial charge in [0.2, 0.25) is 0 Å². The highest BCUT2D eigenvalue weighted by molar-refractivity contribution is 6.03. The summed E-state index contributed by atoms with van der Waals surface area (Å²) in [5.74, 6) is 0.0980. The molecule has 0 saturated carbocycles. The fourth-order valence-electron chi connectivity index (χ4n) is 1.45. The first-order chi connectivity index (χ1) is 6.74.